The van der Waals surface area contributed by atoms with Crippen molar-refractivity contribution in [2.24, 2.45) is 0 Å². The van der Waals surface area contributed by atoms with Crippen LogP contribution >= 0.6 is 0 Å². The van der Waals surface area contributed by atoms with Crippen molar-refractivity contribution in [3.8, 4) is 12.1 Å². The lowest BCUT2D eigenvalue weighted by atomic mass is 10.2. The molecular weight excluding hydrogens is 422 g/mol. The molecule has 31 heavy (non-hydrogen) atoms. The molecular formula is C19H21N7O4S. The van der Waals surface area contributed by atoms with Crippen LogP contribution < -0.4 is 10.6 Å². The highest BCUT2D eigenvalue weighted by Crippen LogP contribution is 2.32. The molecule has 0 saturated carbocycles. The number of aromatic nitrogens is 2. The Morgan fingerprint density at radius 1 is 1.32 bits per heavy atom. The number of hydrogen-bond donors (Lipinski definition) is 2. The first-order valence-electron chi connectivity index (χ1n) is 8.64. The van der Waals surface area contributed by atoms with Gasteiger partial charge in [-0.25, -0.2) is 22.5 Å². The zero-order valence-electron chi connectivity index (χ0n) is 16.4. The Bertz CT molecular complexity index is 1240. The van der Waals surface area contributed by atoms with Crippen LogP contribution in [0.4, 0.5) is 10.5 Å². The van der Waals surface area contributed by atoms with E-state index in [0.29, 0.717) is 15.7 Å². The number of carbonyl (C=O) groups excluding carboxylic acids is 2. The molecule has 0 unspecified atom stereocenters. The number of hydrogen-bond acceptors (Lipinski definition) is 8. The number of nitrogens with one attached hydrogen (secondary N) is 2. The second-order valence-electron chi connectivity index (χ2n) is 5.91. The van der Waals surface area contributed by atoms with E-state index in [-0.39, 0.29) is 31.2 Å². The van der Waals surface area contributed by atoms with Crippen LogP contribution in [-0.4, -0.2) is 41.2 Å². The number of nitrogens with zero attached hydrogens (tertiary/aromatic N) is 5. The van der Waals surface area contributed by atoms with Gasteiger partial charge in [0, 0.05) is 2.85 Å². The highest BCUT2D eigenvalue weighted by molar-refractivity contribution is 7.90. The van der Waals surface area contributed by atoms with Crippen LogP contribution in [0.5, 0.6) is 0 Å². The van der Waals surface area contributed by atoms with E-state index < -0.39 is 28.5 Å². The fourth-order valence-electron chi connectivity index (χ4n) is 2.66. The maximum atomic E-state index is 12.8. The van der Waals surface area contributed by atoms with Crippen molar-refractivity contribution < 1.29 is 20.9 Å². The Hall–Kier alpha value is -4.29. The topological polar surface area (TPSA) is 169 Å². The molecule has 0 saturated heterocycles. The Kier molecular flexibility index (Phi) is 7.03. The van der Waals surface area contributed by atoms with Crippen LogP contribution in [0.1, 0.15) is 25.5 Å². The van der Waals surface area contributed by atoms with Crippen molar-refractivity contribution in [2.75, 3.05) is 11.9 Å². The first kappa shape index (κ1) is 23.0. The number of rotatable bonds is 4. The van der Waals surface area contributed by atoms with Gasteiger partial charge in [0.05, 0.1) is 35.4 Å². The van der Waals surface area contributed by atoms with Gasteiger partial charge in [-0.15, -0.1) is 13.2 Å². The number of anilines is 1. The molecule has 0 aliphatic carbocycles. The van der Waals surface area contributed by atoms with Gasteiger partial charge < -0.3 is 10.6 Å². The van der Waals surface area contributed by atoms with E-state index in [1.165, 1.54) is 24.4 Å². The highest BCUT2D eigenvalue weighted by atomic mass is 32.2. The van der Waals surface area contributed by atoms with Crippen LogP contribution in [0.2, 0.25) is 0 Å². The predicted octanol–water partition coefficient (Wildman–Crippen LogP) is 1.68. The van der Waals surface area contributed by atoms with Gasteiger partial charge in [0.2, 0.25) is 5.91 Å². The summed E-state index contributed by atoms with van der Waals surface area (Å²) in [4.78, 5) is 32.1. The summed E-state index contributed by atoms with van der Waals surface area (Å²) < 4.78 is 26.0. The van der Waals surface area contributed by atoms with E-state index in [4.69, 9.17) is 5.26 Å². The van der Waals surface area contributed by atoms with Gasteiger partial charge in [0.1, 0.15) is 23.6 Å². The third-order valence-corrected chi connectivity index (χ3v) is 5.89. The molecule has 1 aliphatic rings. The standard InChI is InChI=1S/C17H13N7O4S.C2H4.2H2/c1-10-14(20-7-12(6-19)22-10)8-21-15(25)9-24-17(26)23-13-4-2-3-11(5-18)16(13)29(24,27)28;1-2;;/h2-4,7H,8-9H2,1H3,(H,21,25)(H,23,26);1-2H2;2*1H. The van der Waals surface area contributed by atoms with E-state index in [2.05, 4.69) is 33.8 Å². The first-order chi connectivity index (χ1) is 14.8. The van der Waals surface area contributed by atoms with E-state index in [9.17, 15) is 23.3 Å². The molecule has 0 fully saturated rings. The summed E-state index contributed by atoms with van der Waals surface area (Å²) in [5.74, 6) is -0.757. The monoisotopic (exact) mass is 443 g/mol. The molecule has 2 aromatic rings. The first-order valence-corrected chi connectivity index (χ1v) is 10.1. The number of amides is 3. The molecule has 0 atom stereocenters. The van der Waals surface area contributed by atoms with Crippen molar-refractivity contribution in [2.45, 2.75) is 18.4 Å². The van der Waals surface area contributed by atoms with Gasteiger partial charge in [0.15, 0.2) is 5.69 Å². The van der Waals surface area contributed by atoms with Gasteiger partial charge in [-0.05, 0) is 19.1 Å². The number of aryl methyl sites for hydroxylation is 1. The quantitative estimate of drug-likeness (QED) is 0.672. The minimum Gasteiger partial charge on any atom is -0.349 e. The maximum absolute atomic E-state index is 12.8. The van der Waals surface area contributed by atoms with Crippen LogP contribution in [-0.2, 0) is 21.4 Å². The van der Waals surface area contributed by atoms with Crippen molar-refractivity contribution in [3.05, 3.63) is 60.2 Å². The Morgan fingerprint density at radius 2 is 2.03 bits per heavy atom. The Balaban J connectivity index is 0.00000249. The largest absolute Gasteiger partial charge is 0.349 e. The zero-order chi connectivity index (χ0) is 23.2. The fourth-order valence-corrected chi connectivity index (χ4v) is 4.22. The van der Waals surface area contributed by atoms with E-state index in [1.807, 2.05) is 6.07 Å². The fraction of sp³-hybridized carbons (Fsp3) is 0.158. The molecule has 0 bridgehead atoms. The third-order valence-electron chi connectivity index (χ3n) is 4.05. The molecule has 2 heterocycles. The third kappa shape index (κ3) is 4.66. The molecule has 0 spiro atoms. The second kappa shape index (κ2) is 9.47. The average molecular weight is 443 g/mol. The molecule has 1 aromatic carbocycles. The Morgan fingerprint density at radius 3 is 2.65 bits per heavy atom. The predicted molar refractivity (Wildman–Crippen MR) is 113 cm³/mol. The van der Waals surface area contributed by atoms with Gasteiger partial charge in [0.25, 0.3) is 10.0 Å². The SMILES string of the molecule is C=C.Cc1nc(C#N)cnc1CNC(=O)CN1C(=O)Nc2cccc(C#N)c2S1(=O)=O.[HH].[HH]. The van der Waals surface area contributed by atoms with Crippen molar-refractivity contribution in [1.82, 2.24) is 19.6 Å². The normalized spacial score (nSPS) is 13.4. The summed E-state index contributed by atoms with van der Waals surface area (Å²) in [7, 11) is -4.40. The van der Waals surface area contributed by atoms with Crippen molar-refractivity contribution >= 4 is 27.6 Å². The molecule has 11 nitrogen and oxygen atoms in total. The number of urea groups is 1. The van der Waals surface area contributed by atoms with Gasteiger partial charge in [-0.2, -0.15) is 10.5 Å². The summed E-state index contributed by atoms with van der Waals surface area (Å²) in [5.41, 5.74) is 0.784. The minimum absolute atomic E-state index is 0. The molecule has 2 N–H and O–H groups in total. The smallest absolute Gasteiger partial charge is 0.336 e. The molecule has 162 valence electrons. The summed E-state index contributed by atoms with van der Waals surface area (Å²) >= 11 is 0. The minimum atomic E-state index is -4.40. The lowest BCUT2D eigenvalue weighted by molar-refractivity contribution is -0.121. The lowest BCUT2D eigenvalue weighted by Crippen LogP contribution is -2.48. The van der Waals surface area contributed by atoms with Crippen LogP contribution in [0.15, 0.2) is 42.4 Å². The second-order valence-corrected chi connectivity index (χ2v) is 7.71. The van der Waals surface area contributed by atoms with Crippen molar-refractivity contribution in [1.29, 1.82) is 10.5 Å². The van der Waals surface area contributed by atoms with Crippen LogP contribution in [0, 0.1) is 29.6 Å². The average Bonchev–Trinajstić information content (AvgIpc) is 2.76. The maximum Gasteiger partial charge on any atom is 0.336 e. The van der Waals surface area contributed by atoms with Gasteiger partial charge in [-0.3, -0.25) is 9.78 Å². The van der Waals surface area contributed by atoms with Crippen molar-refractivity contribution in [3.63, 3.8) is 0 Å². The summed E-state index contributed by atoms with van der Waals surface area (Å²) in [6.45, 7) is 6.76. The van der Waals surface area contributed by atoms with E-state index >= 15 is 0 Å². The highest BCUT2D eigenvalue weighted by Gasteiger charge is 2.39. The Labute approximate surface area is 181 Å². The molecule has 1 aliphatic heterocycles. The summed E-state index contributed by atoms with van der Waals surface area (Å²) in [6.07, 6.45) is 1.25. The zero-order valence-corrected chi connectivity index (χ0v) is 17.2. The van der Waals surface area contributed by atoms with Crippen LogP contribution in [0.25, 0.3) is 0 Å². The van der Waals surface area contributed by atoms with Gasteiger partial charge >= 0.3 is 6.03 Å². The molecule has 0 radical (unpaired) electrons. The van der Waals surface area contributed by atoms with E-state index in [0.717, 1.165) is 0 Å². The number of carbonyl (C=O) groups is 2. The summed E-state index contributed by atoms with van der Waals surface area (Å²) in [6, 6.07) is 6.71. The summed E-state index contributed by atoms with van der Waals surface area (Å²) in [5, 5.41) is 22.8. The molecule has 12 heteroatoms. The number of fused-ring (bicyclic) bond motifs is 1. The van der Waals surface area contributed by atoms with E-state index in [1.54, 1.807) is 13.0 Å². The van der Waals surface area contributed by atoms with Crippen LogP contribution in [0.3, 0.4) is 0 Å². The van der Waals surface area contributed by atoms with Gasteiger partial charge in [-0.1, -0.05) is 6.07 Å². The number of sulfonamides is 1. The molecule has 1 aromatic heterocycles. The number of nitriles is 2. The molecule has 3 rings (SSSR count). The molecule has 3 amide bonds. The number of benzene rings is 1. The lowest BCUT2D eigenvalue weighted by Gasteiger charge is -2.28.